The predicted octanol–water partition coefficient (Wildman–Crippen LogP) is 1.61. The summed E-state index contributed by atoms with van der Waals surface area (Å²) in [4.78, 5) is 25.3. The van der Waals surface area contributed by atoms with Crippen molar-refractivity contribution in [2.24, 2.45) is 0 Å². The fourth-order valence-electron chi connectivity index (χ4n) is 1.86. The van der Waals surface area contributed by atoms with Gasteiger partial charge in [0.2, 0.25) is 0 Å². The van der Waals surface area contributed by atoms with Crippen molar-refractivity contribution in [3.8, 4) is 0 Å². The van der Waals surface area contributed by atoms with Gasteiger partial charge in [-0.05, 0) is 13.8 Å². The number of nitrogens with zero attached hydrogens (tertiary/aromatic N) is 2. The molecule has 17 heavy (non-hydrogen) atoms. The average Bonchev–Trinajstić information content (AvgIpc) is 2.31. The topological polar surface area (TPSA) is 70.1 Å². The van der Waals surface area contributed by atoms with Crippen LogP contribution in [-0.2, 0) is 4.74 Å². The Balaban J connectivity index is 2.35. The summed E-state index contributed by atoms with van der Waals surface area (Å²) in [6.07, 6.45) is -0.195. The predicted molar refractivity (Wildman–Crippen MR) is 62.0 cm³/mol. The summed E-state index contributed by atoms with van der Waals surface area (Å²) in [5.41, 5.74) is 0. The molecular weight excluding hydrogens is 224 g/mol. The van der Waals surface area contributed by atoms with Crippen LogP contribution >= 0.6 is 0 Å². The van der Waals surface area contributed by atoms with E-state index < -0.39 is 6.09 Å². The van der Waals surface area contributed by atoms with Crippen LogP contribution in [0.15, 0.2) is 0 Å². The number of carbonyl (C=O) groups is 2. The third-order valence-corrected chi connectivity index (χ3v) is 3.00. The van der Waals surface area contributed by atoms with Gasteiger partial charge in [-0.25, -0.2) is 9.59 Å². The van der Waals surface area contributed by atoms with Crippen molar-refractivity contribution in [3.05, 3.63) is 0 Å². The van der Waals surface area contributed by atoms with E-state index in [2.05, 4.69) is 0 Å². The van der Waals surface area contributed by atoms with Crippen molar-refractivity contribution < 1.29 is 19.4 Å². The van der Waals surface area contributed by atoms with Gasteiger partial charge in [-0.1, -0.05) is 0 Å². The number of amides is 2. The van der Waals surface area contributed by atoms with Gasteiger partial charge in [-0.3, -0.25) is 0 Å². The third kappa shape index (κ3) is 3.80. The monoisotopic (exact) mass is 244 g/mol. The third-order valence-electron chi connectivity index (χ3n) is 3.00. The Labute approximate surface area is 101 Å². The van der Waals surface area contributed by atoms with E-state index in [9.17, 15) is 9.59 Å². The highest BCUT2D eigenvalue weighted by Crippen LogP contribution is 2.14. The van der Waals surface area contributed by atoms with E-state index >= 15 is 0 Å². The fourth-order valence-corrected chi connectivity index (χ4v) is 1.86. The molecule has 0 saturated carbocycles. The molecule has 0 aliphatic carbocycles. The summed E-state index contributed by atoms with van der Waals surface area (Å²) in [6, 6.07) is 0. The van der Waals surface area contributed by atoms with Crippen LogP contribution in [-0.4, -0.2) is 59.4 Å². The smallest absolute Gasteiger partial charge is 0.410 e. The van der Waals surface area contributed by atoms with Crippen molar-refractivity contribution in [2.75, 3.05) is 26.2 Å². The van der Waals surface area contributed by atoms with E-state index in [1.54, 1.807) is 4.90 Å². The molecule has 6 nitrogen and oxygen atoms in total. The van der Waals surface area contributed by atoms with Gasteiger partial charge >= 0.3 is 12.2 Å². The van der Waals surface area contributed by atoms with Gasteiger partial charge in [-0.2, -0.15) is 0 Å². The largest absolute Gasteiger partial charge is 0.465 e. The molecule has 1 saturated heterocycles. The van der Waals surface area contributed by atoms with Gasteiger partial charge in [0.05, 0.1) is 0 Å². The van der Waals surface area contributed by atoms with Crippen molar-refractivity contribution in [2.45, 2.75) is 32.8 Å². The Bertz CT molecular complexity index is 271. The van der Waals surface area contributed by atoms with E-state index in [0.717, 1.165) is 0 Å². The first-order valence-corrected chi connectivity index (χ1v) is 6.01. The highest BCUT2D eigenvalue weighted by molar-refractivity contribution is 5.68. The molecule has 0 atom stereocenters. The first kappa shape index (κ1) is 13.6. The minimum Gasteiger partial charge on any atom is -0.465 e. The van der Waals surface area contributed by atoms with Gasteiger partial charge in [-0.15, -0.1) is 0 Å². The van der Waals surface area contributed by atoms with E-state index in [1.165, 1.54) is 4.90 Å². The van der Waals surface area contributed by atoms with Gasteiger partial charge in [0.25, 0.3) is 0 Å². The molecule has 0 aromatic rings. The van der Waals surface area contributed by atoms with Crippen molar-refractivity contribution in [3.63, 3.8) is 0 Å². The number of hydrogen-bond acceptors (Lipinski definition) is 3. The lowest BCUT2D eigenvalue weighted by molar-refractivity contribution is 0.0317. The summed E-state index contributed by atoms with van der Waals surface area (Å²) in [7, 11) is 0. The molecule has 1 fully saturated rings. The Hall–Kier alpha value is -1.46. The lowest BCUT2D eigenvalue weighted by Crippen LogP contribution is -2.42. The number of ether oxygens (including phenoxy) is 1. The first-order valence-electron chi connectivity index (χ1n) is 6.01. The molecule has 0 radical (unpaired) electrons. The Morgan fingerprint density at radius 2 is 1.82 bits per heavy atom. The van der Waals surface area contributed by atoms with Crippen LogP contribution in [0.1, 0.15) is 26.7 Å². The molecular formula is C11H20N2O4. The van der Waals surface area contributed by atoms with Gasteiger partial charge < -0.3 is 19.6 Å². The maximum Gasteiger partial charge on any atom is 0.410 e. The van der Waals surface area contributed by atoms with Gasteiger partial charge in [0.1, 0.15) is 6.10 Å². The van der Waals surface area contributed by atoms with Crippen LogP contribution in [0.5, 0.6) is 0 Å². The summed E-state index contributed by atoms with van der Waals surface area (Å²) in [6.45, 7) is 5.93. The van der Waals surface area contributed by atoms with Crippen LogP contribution in [0.25, 0.3) is 0 Å². The molecule has 1 aliphatic rings. The van der Waals surface area contributed by atoms with Crippen molar-refractivity contribution >= 4 is 12.2 Å². The second-order valence-electron chi connectivity index (χ2n) is 4.03. The molecule has 1 aliphatic heterocycles. The zero-order valence-electron chi connectivity index (χ0n) is 10.4. The number of piperidine rings is 1. The minimum absolute atomic E-state index is 0.154. The summed E-state index contributed by atoms with van der Waals surface area (Å²) in [5, 5.41) is 8.78. The molecule has 0 bridgehead atoms. The average molecular weight is 244 g/mol. The van der Waals surface area contributed by atoms with E-state index in [4.69, 9.17) is 9.84 Å². The van der Waals surface area contributed by atoms with E-state index in [0.29, 0.717) is 39.0 Å². The quantitative estimate of drug-likeness (QED) is 0.818. The number of likely N-dealkylation sites (tertiary alicyclic amines) is 1. The standard InChI is InChI=1S/C11H20N2O4/c1-3-12(4-2)11(16)17-9-5-7-13(8-6-9)10(14)15/h9H,3-8H2,1-2H3,(H,14,15). The molecule has 0 unspecified atom stereocenters. The fraction of sp³-hybridized carbons (Fsp3) is 0.818. The molecule has 0 spiro atoms. The van der Waals surface area contributed by atoms with E-state index in [-0.39, 0.29) is 12.2 Å². The van der Waals surface area contributed by atoms with Crippen LogP contribution in [0, 0.1) is 0 Å². The zero-order valence-corrected chi connectivity index (χ0v) is 10.4. The number of rotatable bonds is 3. The first-order chi connectivity index (χ1) is 8.08. The molecule has 0 aromatic heterocycles. The second-order valence-corrected chi connectivity index (χ2v) is 4.03. The maximum atomic E-state index is 11.7. The molecule has 98 valence electrons. The molecule has 1 N–H and O–H groups in total. The minimum atomic E-state index is -0.904. The highest BCUT2D eigenvalue weighted by atomic mass is 16.6. The van der Waals surface area contributed by atoms with Crippen molar-refractivity contribution in [1.82, 2.24) is 9.80 Å². The maximum absolute atomic E-state index is 11.7. The zero-order chi connectivity index (χ0) is 12.8. The lowest BCUT2D eigenvalue weighted by Gasteiger charge is -2.31. The van der Waals surface area contributed by atoms with Crippen LogP contribution < -0.4 is 0 Å². The number of carboxylic acid groups (broad SMARTS) is 1. The summed E-state index contributed by atoms with van der Waals surface area (Å²) >= 11 is 0. The number of hydrogen-bond donors (Lipinski definition) is 1. The Morgan fingerprint density at radius 3 is 2.24 bits per heavy atom. The summed E-state index contributed by atoms with van der Waals surface area (Å²) < 4.78 is 5.33. The van der Waals surface area contributed by atoms with Crippen LogP contribution in [0.3, 0.4) is 0 Å². The SMILES string of the molecule is CCN(CC)C(=O)OC1CCN(C(=O)O)CC1. The normalized spacial score (nSPS) is 16.7. The Morgan fingerprint density at radius 1 is 1.29 bits per heavy atom. The molecule has 1 heterocycles. The molecule has 6 heteroatoms. The van der Waals surface area contributed by atoms with Gasteiger partial charge in [0.15, 0.2) is 0 Å². The van der Waals surface area contributed by atoms with E-state index in [1.807, 2.05) is 13.8 Å². The van der Waals surface area contributed by atoms with Crippen LogP contribution in [0.4, 0.5) is 9.59 Å². The molecule has 2 amide bonds. The molecule has 1 rings (SSSR count). The lowest BCUT2D eigenvalue weighted by atomic mass is 10.1. The Kier molecular flexibility index (Phi) is 5.06. The van der Waals surface area contributed by atoms with Gasteiger partial charge in [0, 0.05) is 39.0 Å². The molecule has 0 aromatic carbocycles. The van der Waals surface area contributed by atoms with Crippen molar-refractivity contribution in [1.29, 1.82) is 0 Å². The summed E-state index contributed by atoms with van der Waals surface area (Å²) in [5.74, 6) is 0. The van der Waals surface area contributed by atoms with Crippen LogP contribution in [0.2, 0.25) is 0 Å². The highest BCUT2D eigenvalue weighted by Gasteiger charge is 2.25. The second kappa shape index (κ2) is 6.32. The number of carbonyl (C=O) groups excluding carboxylic acids is 1.